The summed E-state index contributed by atoms with van der Waals surface area (Å²) in [5, 5.41) is 0.388. The van der Waals surface area contributed by atoms with E-state index >= 15 is 0 Å². The fourth-order valence-corrected chi connectivity index (χ4v) is 6.75. The molecule has 0 spiro atoms. The van der Waals surface area contributed by atoms with E-state index in [2.05, 4.69) is 104 Å². The van der Waals surface area contributed by atoms with E-state index in [4.69, 9.17) is 8.85 Å². The minimum Gasteiger partial charge on any atom is -0.416 e. The molecule has 3 atom stereocenters. The summed E-state index contributed by atoms with van der Waals surface area (Å²) in [5.74, 6) is 0.484. The highest BCUT2D eigenvalue weighted by molar-refractivity contribution is 6.74. The lowest BCUT2D eigenvalue weighted by molar-refractivity contribution is 0.0192. The second-order valence-electron chi connectivity index (χ2n) is 12.6. The molecule has 2 nitrogen and oxygen atoms in total. The van der Waals surface area contributed by atoms with Gasteiger partial charge in [-0.15, -0.1) is 0 Å². The van der Waals surface area contributed by atoms with Crippen molar-refractivity contribution in [3.8, 4) is 0 Å². The summed E-state index contributed by atoms with van der Waals surface area (Å²) < 4.78 is 14.2. The lowest BCUT2D eigenvalue weighted by Gasteiger charge is -2.48. The monoisotopic (exact) mass is 444 g/mol. The Morgan fingerprint density at radius 2 is 1.47 bits per heavy atom. The third-order valence-electron chi connectivity index (χ3n) is 8.55. The zero-order valence-electron chi connectivity index (χ0n) is 21.1. The summed E-state index contributed by atoms with van der Waals surface area (Å²) in [6.45, 7) is 24.3. The van der Waals surface area contributed by atoms with Gasteiger partial charge in [-0.25, -0.2) is 0 Å². The number of fused-ring (bicyclic) bond motifs is 3. The first kappa shape index (κ1) is 24.0. The van der Waals surface area contributed by atoms with Gasteiger partial charge < -0.3 is 8.85 Å². The summed E-state index contributed by atoms with van der Waals surface area (Å²) in [4.78, 5) is 0. The van der Waals surface area contributed by atoms with Crippen LogP contribution < -0.4 is 0 Å². The quantitative estimate of drug-likeness (QED) is 0.336. The topological polar surface area (TPSA) is 18.5 Å². The number of hydrogen-bond donors (Lipinski definition) is 0. The molecule has 168 valence electrons. The molecule has 1 aromatic carbocycles. The Morgan fingerprint density at radius 3 is 2.03 bits per heavy atom. The minimum atomic E-state index is -1.95. The van der Waals surface area contributed by atoms with Gasteiger partial charge in [0, 0.05) is 12.0 Å². The van der Waals surface area contributed by atoms with Crippen molar-refractivity contribution in [1.29, 1.82) is 0 Å². The summed E-state index contributed by atoms with van der Waals surface area (Å²) >= 11 is 0. The largest absolute Gasteiger partial charge is 0.416 e. The first-order chi connectivity index (χ1) is 13.6. The summed E-state index contributed by atoms with van der Waals surface area (Å²) in [6.07, 6.45) is 7.28. The van der Waals surface area contributed by atoms with Gasteiger partial charge in [0.2, 0.25) is 0 Å². The molecule has 0 saturated heterocycles. The van der Waals surface area contributed by atoms with E-state index in [0.717, 1.165) is 13.0 Å². The molecule has 0 aromatic heterocycles. The average molecular weight is 445 g/mol. The van der Waals surface area contributed by atoms with Crippen molar-refractivity contribution < 1.29 is 8.85 Å². The van der Waals surface area contributed by atoms with E-state index in [-0.39, 0.29) is 21.6 Å². The second kappa shape index (κ2) is 7.72. The van der Waals surface area contributed by atoms with Crippen molar-refractivity contribution in [3.05, 3.63) is 47.5 Å². The van der Waals surface area contributed by atoms with Gasteiger partial charge in [-0.1, -0.05) is 78.0 Å². The maximum Gasteiger partial charge on any atom is 0.192 e. The van der Waals surface area contributed by atoms with Gasteiger partial charge in [0.15, 0.2) is 16.6 Å². The van der Waals surface area contributed by atoms with E-state index in [9.17, 15) is 0 Å². The summed E-state index contributed by atoms with van der Waals surface area (Å²) in [6, 6.07) is 9.04. The second-order valence-corrected chi connectivity index (χ2v) is 22.1. The molecule has 0 heterocycles. The SMILES string of the molecule is CC(C)(C)[Si](C)(C)OC[C@]12C=CCC[C@H]1c1ccccc1[C@H]2O[Si](C)(C)C(C)(C)C. The molecular formula is C26H44O2Si2. The molecule has 0 saturated carbocycles. The zero-order valence-corrected chi connectivity index (χ0v) is 23.1. The Labute approximate surface area is 187 Å². The summed E-state index contributed by atoms with van der Waals surface area (Å²) in [7, 11) is -3.81. The van der Waals surface area contributed by atoms with Crippen molar-refractivity contribution in [2.45, 2.75) is 103 Å². The molecule has 0 N–H and O–H groups in total. The van der Waals surface area contributed by atoms with Crippen molar-refractivity contribution in [2.75, 3.05) is 6.61 Å². The van der Waals surface area contributed by atoms with Crippen LogP contribution >= 0.6 is 0 Å². The average Bonchev–Trinajstić information content (AvgIpc) is 2.89. The van der Waals surface area contributed by atoms with Gasteiger partial charge in [-0.2, -0.15) is 0 Å². The highest BCUT2D eigenvalue weighted by atomic mass is 28.4. The van der Waals surface area contributed by atoms with Gasteiger partial charge >= 0.3 is 0 Å². The third kappa shape index (κ3) is 4.05. The Bertz CT molecular complexity index is 798. The number of rotatable bonds is 5. The Balaban J connectivity index is 2.06. The van der Waals surface area contributed by atoms with E-state index in [0.29, 0.717) is 5.92 Å². The molecule has 3 rings (SSSR count). The standard InChI is InChI=1S/C26H44O2Si2/c1-24(2,3)29(7,8)27-19-26-18-14-13-17-22(26)20-15-11-12-16-21(20)23(26)28-30(9,10)25(4,5)6/h11-12,14-16,18,22-23H,13,17,19H2,1-10H3/t22-,23+,26+/m0/s1. The molecule has 0 amide bonds. The molecule has 30 heavy (non-hydrogen) atoms. The van der Waals surface area contributed by atoms with Crippen LogP contribution in [0.25, 0.3) is 0 Å². The van der Waals surface area contributed by atoms with Crippen LogP contribution in [-0.4, -0.2) is 23.2 Å². The maximum atomic E-state index is 7.24. The fourth-order valence-electron chi connectivity index (χ4n) is 4.41. The molecule has 0 aliphatic heterocycles. The predicted molar refractivity (Wildman–Crippen MR) is 134 cm³/mol. The van der Waals surface area contributed by atoms with Gasteiger partial charge in [0.05, 0.1) is 6.10 Å². The molecule has 2 aliphatic rings. The summed E-state index contributed by atoms with van der Waals surface area (Å²) in [5.41, 5.74) is 2.80. The first-order valence-corrected chi connectivity index (χ1v) is 17.5. The molecule has 4 heteroatoms. The lowest BCUT2D eigenvalue weighted by atomic mass is 9.70. The normalized spacial score (nSPS) is 27.1. The van der Waals surface area contributed by atoms with Crippen molar-refractivity contribution in [1.82, 2.24) is 0 Å². The van der Waals surface area contributed by atoms with E-state index in [1.54, 1.807) is 0 Å². The Morgan fingerprint density at radius 1 is 0.900 bits per heavy atom. The van der Waals surface area contributed by atoms with Crippen LogP contribution in [0, 0.1) is 5.41 Å². The fraction of sp³-hybridized carbons (Fsp3) is 0.692. The molecule has 0 unspecified atom stereocenters. The van der Waals surface area contributed by atoms with Crippen LogP contribution in [-0.2, 0) is 8.85 Å². The molecule has 0 bridgehead atoms. The molecule has 0 radical (unpaired) electrons. The number of benzene rings is 1. The molecule has 0 fully saturated rings. The lowest BCUT2D eigenvalue weighted by Crippen LogP contribution is -2.49. The van der Waals surface area contributed by atoms with Crippen LogP contribution in [0.5, 0.6) is 0 Å². The minimum absolute atomic E-state index is 0.0842. The van der Waals surface area contributed by atoms with Crippen molar-refractivity contribution in [2.24, 2.45) is 5.41 Å². The number of hydrogen-bond acceptors (Lipinski definition) is 2. The van der Waals surface area contributed by atoms with Crippen LogP contribution in [0.15, 0.2) is 36.4 Å². The third-order valence-corrected chi connectivity index (χ3v) is 17.5. The van der Waals surface area contributed by atoms with Crippen molar-refractivity contribution in [3.63, 3.8) is 0 Å². The maximum absolute atomic E-state index is 7.24. The van der Waals surface area contributed by atoms with Crippen LogP contribution in [0.2, 0.25) is 36.3 Å². The molecule has 2 aliphatic carbocycles. The van der Waals surface area contributed by atoms with Crippen LogP contribution in [0.1, 0.15) is 77.5 Å². The van der Waals surface area contributed by atoms with Crippen LogP contribution in [0.4, 0.5) is 0 Å². The Hall–Kier alpha value is -0.686. The van der Waals surface area contributed by atoms with Gasteiger partial charge in [-0.3, -0.25) is 0 Å². The number of allylic oxidation sites excluding steroid dienone is 1. The Kier molecular flexibility index (Phi) is 6.17. The van der Waals surface area contributed by atoms with Gasteiger partial charge in [-0.05, 0) is 66.2 Å². The highest BCUT2D eigenvalue weighted by Crippen LogP contribution is 2.62. The molecule has 1 aromatic rings. The predicted octanol–water partition coefficient (Wildman–Crippen LogP) is 8.20. The first-order valence-electron chi connectivity index (χ1n) is 11.7. The smallest absolute Gasteiger partial charge is 0.192 e. The van der Waals surface area contributed by atoms with E-state index < -0.39 is 16.6 Å². The molecular weight excluding hydrogens is 400 g/mol. The highest BCUT2D eigenvalue weighted by Gasteiger charge is 2.56. The van der Waals surface area contributed by atoms with E-state index in [1.807, 2.05) is 0 Å². The van der Waals surface area contributed by atoms with Gasteiger partial charge in [0.1, 0.15) is 0 Å². The van der Waals surface area contributed by atoms with Gasteiger partial charge in [0.25, 0.3) is 0 Å². The van der Waals surface area contributed by atoms with Crippen LogP contribution in [0.3, 0.4) is 0 Å². The zero-order chi connectivity index (χ0) is 22.6. The van der Waals surface area contributed by atoms with E-state index in [1.165, 1.54) is 17.5 Å². The van der Waals surface area contributed by atoms with Crippen molar-refractivity contribution >= 4 is 16.6 Å².